The molecule has 0 bridgehead atoms. The highest BCUT2D eigenvalue weighted by atomic mass is 32.2. The maximum atomic E-state index is 5.98. The molecule has 0 aliphatic carbocycles. The summed E-state index contributed by atoms with van der Waals surface area (Å²) in [4.78, 5) is 3.31. The molecule has 0 spiro atoms. The van der Waals surface area contributed by atoms with E-state index in [1.54, 1.807) is 11.8 Å². The van der Waals surface area contributed by atoms with Gasteiger partial charge in [0.1, 0.15) is 7.05 Å². The van der Waals surface area contributed by atoms with E-state index in [1.165, 1.54) is 0 Å². The van der Waals surface area contributed by atoms with Crippen LogP contribution in [0.2, 0.25) is 0 Å². The molecule has 2 aromatic carbocycles. The van der Waals surface area contributed by atoms with Crippen molar-refractivity contribution in [3.05, 3.63) is 47.3 Å². The van der Waals surface area contributed by atoms with E-state index in [4.69, 9.17) is 13.9 Å². The lowest BCUT2D eigenvalue weighted by molar-refractivity contribution is -0.652. The Hall–Kier alpha value is -2.60. The molecule has 3 aromatic rings. The lowest BCUT2D eigenvalue weighted by atomic mass is 10.2. The number of oxazole rings is 1. The topological polar surface area (TPSA) is 38.7 Å². The quantitative estimate of drug-likeness (QED) is 0.634. The molecule has 2 aliphatic rings. The Morgan fingerprint density at radius 3 is 2.79 bits per heavy atom. The number of hydrogen-bond acceptors (Lipinski definition) is 5. The van der Waals surface area contributed by atoms with Crippen LogP contribution in [0.5, 0.6) is 11.5 Å². The number of nitrogens with zero attached hydrogens (tertiary/aromatic N) is 2. The van der Waals surface area contributed by atoms with Crippen LogP contribution in [0.25, 0.3) is 17.2 Å². The average molecular weight is 339 g/mol. The van der Waals surface area contributed by atoms with Crippen LogP contribution in [0.4, 0.5) is 5.69 Å². The molecule has 24 heavy (non-hydrogen) atoms. The molecule has 0 fully saturated rings. The smallest absolute Gasteiger partial charge is 0.376 e. The van der Waals surface area contributed by atoms with Gasteiger partial charge in [0.2, 0.25) is 12.4 Å². The summed E-state index contributed by atoms with van der Waals surface area (Å²) >= 11 is 1.70. The van der Waals surface area contributed by atoms with Crippen LogP contribution in [0.3, 0.4) is 0 Å². The second-order valence-electron chi connectivity index (χ2n) is 5.78. The minimum absolute atomic E-state index is 0.296. The first kappa shape index (κ1) is 13.8. The van der Waals surface area contributed by atoms with Gasteiger partial charge in [-0.25, -0.2) is 0 Å². The zero-order valence-electron chi connectivity index (χ0n) is 13.3. The highest BCUT2D eigenvalue weighted by molar-refractivity contribution is 8.03. The molecule has 2 aliphatic heterocycles. The van der Waals surface area contributed by atoms with Crippen molar-refractivity contribution < 1.29 is 18.5 Å². The van der Waals surface area contributed by atoms with Crippen LogP contribution in [-0.4, -0.2) is 13.8 Å². The van der Waals surface area contributed by atoms with E-state index in [1.807, 2.05) is 37.4 Å². The Bertz CT molecular complexity index is 1010. The largest absolute Gasteiger partial charge is 0.454 e. The second kappa shape index (κ2) is 4.95. The molecule has 0 unspecified atom stereocenters. The Morgan fingerprint density at radius 1 is 1.17 bits per heavy atom. The molecule has 5 rings (SSSR count). The summed E-state index contributed by atoms with van der Waals surface area (Å²) in [5.74, 6) is 2.43. The molecule has 3 heterocycles. The third-order valence-electron chi connectivity index (χ3n) is 4.38. The van der Waals surface area contributed by atoms with Crippen molar-refractivity contribution in [1.82, 2.24) is 0 Å². The van der Waals surface area contributed by atoms with Crippen molar-refractivity contribution in [1.29, 1.82) is 0 Å². The van der Waals surface area contributed by atoms with Gasteiger partial charge in [-0.2, -0.15) is 4.57 Å². The van der Waals surface area contributed by atoms with Gasteiger partial charge < -0.3 is 18.8 Å². The fourth-order valence-electron chi connectivity index (χ4n) is 3.03. The number of thioether (sulfide) groups is 1. The summed E-state index contributed by atoms with van der Waals surface area (Å²) in [6, 6.07) is 12.1. The molecular formula is C18H15N2O3S+. The zero-order valence-corrected chi connectivity index (χ0v) is 14.1. The van der Waals surface area contributed by atoms with E-state index < -0.39 is 0 Å². The van der Waals surface area contributed by atoms with E-state index in [-0.39, 0.29) is 0 Å². The van der Waals surface area contributed by atoms with Crippen molar-refractivity contribution in [3.63, 3.8) is 0 Å². The first-order chi connectivity index (χ1) is 11.7. The van der Waals surface area contributed by atoms with Gasteiger partial charge in [0.05, 0.1) is 16.8 Å². The first-order valence-electron chi connectivity index (χ1n) is 7.65. The Morgan fingerprint density at radius 2 is 1.96 bits per heavy atom. The number of anilines is 1. The normalized spacial score (nSPS) is 17.1. The lowest BCUT2D eigenvalue weighted by Crippen LogP contribution is -2.29. The molecule has 0 saturated heterocycles. The number of fused-ring (bicyclic) bond motifs is 3. The minimum atomic E-state index is 0.296. The van der Waals surface area contributed by atoms with Crippen molar-refractivity contribution in [2.24, 2.45) is 7.05 Å². The van der Waals surface area contributed by atoms with Crippen LogP contribution in [0.15, 0.2) is 50.7 Å². The van der Waals surface area contributed by atoms with Crippen molar-refractivity contribution >= 4 is 34.6 Å². The van der Waals surface area contributed by atoms with Gasteiger partial charge in [-0.3, -0.25) is 0 Å². The highest BCUT2D eigenvalue weighted by Crippen LogP contribution is 2.50. The summed E-state index contributed by atoms with van der Waals surface area (Å²) in [6.45, 7) is 0.296. The van der Waals surface area contributed by atoms with Crippen LogP contribution in [-0.2, 0) is 7.05 Å². The summed E-state index contributed by atoms with van der Waals surface area (Å²) in [5, 5.41) is 1.10. The summed E-state index contributed by atoms with van der Waals surface area (Å²) in [7, 11) is 4.07. The van der Waals surface area contributed by atoms with E-state index >= 15 is 0 Å². The van der Waals surface area contributed by atoms with Gasteiger partial charge in [0.25, 0.3) is 5.52 Å². The standard InChI is InChI=1S/C18H15N2O3S/c1-19-11-5-3-4-6-13(11)23-17(19)9-18-20(2)12-7-14-15(22-10-21-14)8-16(12)24-18/h3-9H,10H2,1-2H3/q+1. The number of rotatable bonds is 1. The summed E-state index contributed by atoms with van der Waals surface area (Å²) < 4.78 is 19.0. The molecule has 1 aromatic heterocycles. The molecule has 0 atom stereocenters. The Kier molecular flexibility index (Phi) is 2.84. The van der Waals surface area contributed by atoms with Crippen molar-refractivity contribution in [2.45, 2.75) is 4.90 Å². The average Bonchev–Trinajstić information content (AvgIpc) is 3.25. The summed E-state index contributed by atoms with van der Waals surface area (Å²) in [5.41, 5.74) is 3.08. The van der Waals surface area contributed by atoms with Gasteiger partial charge in [-0.05, 0) is 6.07 Å². The van der Waals surface area contributed by atoms with Crippen LogP contribution in [0.1, 0.15) is 5.89 Å². The van der Waals surface area contributed by atoms with Gasteiger partial charge in [0.15, 0.2) is 11.5 Å². The molecule has 6 heteroatoms. The third kappa shape index (κ3) is 1.93. The van der Waals surface area contributed by atoms with E-state index in [2.05, 4.69) is 28.7 Å². The van der Waals surface area contributed by atoms with Gasteiger partial charge in [0, 0.05) is 30.1 Å². The number of para-hydroxylation sites is 2. The molecular weight excluding hydrogens is 324 g/mol. The van der Waals surface area contributed by atoms with Crippen LogP contribution < -0.4 is 18.9 Å². The SMILES string of the molecule is CN1/C(=C\c2oc3ccccc3[n+]2C)Sc2cc3c(cc21)OCO3. The zero-order chi connectivity index (χ0) is 16.3. The second-order valence-corrected chi connectivity index (χ2v) is 6.85. The maximum Gasteiger partial charge on any atom is 0.376 e. The number of benzene rings is 2. The molecule has 0 amide bonds. The van der Waals surface area contributed by atoms with Crippen LogP contribution >= 0.6 is 11.8 Å². The number of aromatic nitrogens is 1. The first-order valence-corrected chi connectivity index (χ1v) is 8.47. The van der Waals surface area contributed by atoms with Crippen molar-refractivity contribution in [3.8, 4) is 11.5 Å². The summed E-state index contributed by atoms with van der Waals surface area (Å²) in [6.07, 6.45) is 2.07. The predicted molar refractivity (Wildman–Crippen MR) is 92.2 cm³/mol. The van der Waals surface area contributed by atoms with E-state index in [0.717, 1.165) is 44.1 Å². The lowest BCUT2D eigenvalue weighted by Gasteiger charge is -2.12. The van der Waals surface area contributed by atoms with Gasteiger partial charge >= 0.3 is 5.89 Å². The maximum absolute atomic E-state index is 5.98. The molecule has 0 N–H and O–H groups in total. The van der Waals surface area contributed by atoms with Gasteiger partial charge in [-0.15, -0.1) is 0 Å². The fourth-order valence-corrected chi connectivity index (χ4v) is 4.12. The van der Waals surface area contributed by atoms with E-state index in [9.17, 15) is 0 Å². The molecule has 0 radical (unpaired) electrons. The third-order valence-corrected chi connectivity index (χ3v) is 5.53. The van der Waals surface area contributed by atoms with Crippen molar-refractivity contribution in [2.75, 3.05) is 18.7 Å². The molecule has 5 nitrogen and oxygen atoms in total. The predicted octanol–water partition coefficient (Wildman–Crippen LogP) is 3.53. The molecule has 0 saturated carbocycles. The Balaban J connectivity index is 1.57. The van der Waals surface area contributed by atoms with Gasteiger partial charge in [-0.1, -0.05) is 23.9 Å². The van der Waals surface area contributed by atoms with Crippen LogP contribution in [0, 0.1) is 0 Å². The van der Waals surface area contributed by atoms with E-state index in [0.29, 0.717) is 6.79 Å². The number of ether oxygens (including phenoxy) is 2. The highest BCUT2D eigenvalue weighted by Gasteiger charge is 2.28. The fraction of sp³-hybridized carbons (Fsp3) is 0.167. The number of aryl methyl sites for hydroxylation is 1. The molecule has 120 valence electrons. The number of hydrogen-bond donors (Lipinski definition) is 0. The Labute approximate surface area is 143 Å². The minimum Gasteiger partial charge on any atom is -0.454 e. The monoisotopic (exact) mass is 339 g/mol.